The molecule has 0 saturated heterocycles. The van der Waals surface area contributed by atoms with E-state index in [1.165, 1.54) is 0 Å². The van der Waals surface area contributed by atoms with Crippen LogP contribution in [0.25, 0.3) is 5.57 Å². The first-order chi connectivity index (χ1) is 13.2. The molecule has 0 fully saturated rings. The molecule has 0 radical (unpaired) electrons. The molecule has 27 heavy (non-hydrogen) atoms. The van der Waals surface area contributed by atoms with Crippen molar-refractivity contribution in [1.29, 1.82) is 5.26 Å². The molecule has 2 heterocycles. The van der Waals surface area contributed by atoms with Crippen molar-refractivity contribution in [3.63, 3.8) is 0 Å². The van der Waals surface area contributed by atoms with Gasteiger partial charge in [-0.25, -0.2) is 4.99 Å². The number of rotatable bonds is 5. The van der Waals surface area contributed by atoms with Crippen molar-refractivity contribution < 1.29 is 5.11 Å². The molecule has 0 bridgehead atoms. The minimum absolute atomic E-state index is 0.0330. The van der Waals surface area contributed by atoms with Crippen LogP contribution in [0.2, 0.25) is 0 Å². The van der Waals surface area contributed by atoms with Gasteiger partial charge in [0.05, 0.1) is 17.4 Å². The fraction of sp³-hybridized carbons (Fsp3) is 0.190. The summed E-state index contributed by atoms with van der Waals surface area (Å²) >= 11 is 0. The van der Waals surface area contributed by atoms with Crippen LogP contribution in [0.15, 0.2) is 77.2 Å². The van der Waals surface area contributed by atoms with Crippen LogP contribution in [0.1, 0.15) is 30.6 Å². The zero-order chi connectivity index (χ0) is 19.1. The Labute approximate surface area is 158 Å². The number of aromatic nitrogens is 1. The molecule has 6 nitrogen and oxygen atoms in total. The minimum atomic E-state index is -0.195. The number of aliphatic hydroxyl groups excluding tert-OH is 1. The highest BCUT2D eigenvalue weighted by atomic mass is 16.3. The van der Waals surface area contributed by atoms with Gasteiger partial charge >= 0.3 is 0 Å². The van der Waals surface area contributed by atoms with Crippen molar-refractivity contribution in [2.45, 2.75) is 19.4 Å². The molecular formula is C21H21N5O. The Morgan fingerprint density at radius 1 is 1.22 bits per heavy atom. The van der Waals surface area contributed by atoms with E-state index in [9.17, 15) is 10.4 Å². The number of nitrogens with zero attached hydrogens (tertiary/aromatic N) is 3. The van der Waals surface area contributed by atoms with Gasteiger partial charge in [0.15, 0.2) is 0 Å². The number of benzene rings is 1. The van der Waals surface area contributed by atoms with E-state index in [1.807, 2.05) is 55.6 Å². The van der Waals surface area contributed by atoms with E-state index in [1.54, 1.807) is 12.3 Å². The van der Waals surface area contributed by atoms with Gasteiger partial charge in [-0.3, -0.25) is 4.98 Å². The van der Waals surface area contributed by atoms with Crippen LogP contribution in [0.4, 0.5) is 0 Å². The molecule has 6 heteroatoms. The van der Waals surface area contributed by atoms with Crippen LogP contribution >= 0.6 is 0 Å². The van der Waals surface area contributed by atoms with E-state index in [4.69, 9.17) is 4.99 Å². The molecule has 0 saturated carbocycles. The van der Waals surface area contributed by atoms with Crippen molar-refractivity contribution >= 4 is 11.5 Å². The van der Waals surface area contributed by atoms with Gasteiger partial charge in [0, 0.05) is 19.0 Å². The lowest BCUT2D eigenvalue weighted by molar-refractivity contribution is 0.277. The average molecular weight is 359 g/mol. The average Bonchev–Trinajstić information content (AvgIpc) is 2.72. The van der Waals surface area contributed by atoms with Gasteiger partial charge in [0.25, 0.3) is 0 Å². The number of aliphatic imine (C=N–C) groups is 1. The van der Waals surface area contributed by atoms with Crippen molar-refractivity contribution in [2.75, 3.05) is 6.61 Å². The van der Waals surface area contributed by atoms with Gasteiger partial charge in [-0.05, 0) is 36.6 Å². The second-order valence-corrected chi connectivity index (χ2v) is 6.09. The van der Waals surface area contributed by atoms with E-state index >= 15 is 0 Å². The Morgan fingerprint density at radius 3 is 2.67 bits per heavy atom. The third-order valence-corrected chi connectivity index (χ3v) is 4.22. The molecule has 2 aromatic rings. The summed E-state index contributed by atoms with van der Waals surface area (Å²) < 4.78 is 0. The molecule has 1 unspecified atom stereocenters. The predicted molar refractivity (Wildman–Crippen MR) is 105 cm³/mol. The van der Waals surface area contributed by atoms with Crippen LogP contribution in [0, 0.1) is 11.3 Å². The highest BCUT2D eigenvalue weighted by molar-refractivity contribution is 5.91. The number of nitrogens with one attached hydrogen (secondary N) is 2. The van der Waals surface area contributed by atoms with Gasteiger partial charge in [-0.15, -0.1) is 0 Å². The summed E-state index contributed by atoms with van der Waals surface area (Å²) in [6, 6.07) is 17.3. The maximum Gasteiger partial charge on any atom is 0.200 e. The summed E-state index contributed by atoms with van der Waals surface area (Å²) in [5.41, 5.74) is 3.63. The second kappa shape index (κ2) is 8.79. The SMILES string of the molecule is CC1=CNC(=NC(CCO)c2ccccc2)NC1=C(C#N)c1ccccn1. The summed E-state index contributed by atoms with van der Waals surface area (Å²) in [6.45, 7) is 1.94. The Balaban J connectivity index is 1.96. The smallest absolute Gasteiger partial charge is 0.200 e. The number of guanidine groups is 1. The van der Waals surface area contributed by atoms with E-state index in [0.717, 1.165) is 11.1 Å². The molecule has 3 rings (SSSR count). The first-order valence-corrected chi connectivity index (χ1v) is 8.73. The van der Waals surface area contributed by atoms with Gasteiger partial charge in [0.2, 0.25) is 5.96 Å². The fourth-order valence-corrected chi connectivity index (χ4v) is 2.84. The van der Waals surface area contributed by atoms with Crippen LogP contribution < -0.4 is 10.6 Å². The number of hydrogen-bond donors (Lipinski definition) is 3. The molecule has 0 aliphatic carbocycles. The standard InChI is InChI=1S/C21H21N5O/c1-15-14-24-21(25-18(10-12-27)16-7-3-2-4-8-16)26-20(15)17(13-22)19-9-5-6-11-23-19/h2-9,11,14,18,27H,10,12H2,1H3,(H2,24,25,26). The van der Waals surface area contributed by atoms with Crippen LogP contribution in [-0.2, 0) is 0 Å². The lowest BCUT2D eigenvalue weighted by Gasteiger charge is -2.23. The molecule has 0 spiro atoms. The summed E-state index contributed by atoms with van der Waals surface area (Å²) in [5, 5.41) is 25.4. The van der Waals surface area contributed by atoms with Crippen LogP contribution in [0.5, 0.6) is 0 Å². The van der Waals surface area contributed by atoms with Crippen molar-refractivity contribution in [3.05, 3.63) is 83.5 Å². The fourth-order valence-electron chi connectivity index (χ4n) is 2.84. The maximum absolute atomic E-state index is 9.67. The zero-order valence-corrected chi connectivity index (χ0v) is 15.1. The monoisotopic (exact) mass is 359 g/mol. The van der Waals surface area contributed by atoms with Crippen molar-refractivity contribution in [2.24, 2.45) is 4.99 Å². The number of allylic oxidation sites excluding steroid dienone is 2. The Kier molecular flexibility index (Phi) is 5.98. The zero-order valence-electron chi connectivity index (χ0n) is 15.1. The normalized spacial score (nSPS) is 18.0. The van der Waals surface area contributed by atoms with E-state index in [0.29, 0.717) is 29.3 Å². The molecule has 3 N–H and O–H groups in total. The van der Waals surface area contributed by atoms with Crippen molar-refractivity contribution in [3.8, 4) is 6.07 Å². The number of aliphatic hydroxyl groups is 1. The first kappa shape index (κ1) is 18.4. The summed E-state index contributed by atoms with van der Waals surface area (Å²) in [5.74, 6) is 0.529. The van der Waals surface area contributed by atoms with Gasteiger partial charge in [0.1, 0.15) is 11.6 Å². The second-order valence-electron chi connectivity index (χ2n) is 6.09. The number of hydrogen-bond acceptors (Lipinski definition) is 4. The van der Waals surface area contributed by atoms with Crippen LogP contribution in [0.3, 0.4) is 0 Å². The molecule has 0 amide bonds. The number of nitriles is 1. The van der Waals surface area contributed by atoms with Crippen LogP contribution in [-0.4, -0.2) is 22.7 Å². The van der Waals surface area contributed by atoms with E-state index < -0.39 is 0 Å². The van der Waals surface area contributed by atoms with Crippen molar-refractivity contribution in [1.82, 2.24) is 15.6 Å². The Bertz CT molecular complexity index is 911. The van der Waals surface area contributed by atoms with Gasteiger partial charge < -0.3 is 15.7 Å². The highest BCUT2D eigenvalue weighted by Gasteiger charge is 2.19. The molecule has 1 atom stereocenters. The molecule has 1 aromatic carbocycles. The minimum Gasteiger partial charge on any atom is -0.396 e. The molecule has 1 aromatic heterocycles. The molecule has 136 valence electrons. The lowest BCUT2D eigenvalue weighted by atomic mass is 10.0. The Hall–Kier alpha value is -3.43. The predicted octanol–water partition coefficient (Wildman–Crippen LogP) is 2.89. The van der Waals surface area contributed by atoms with E-state index in [2.05, 4.69) is 21.7 Å². The molecule has 1 aliphatic heterocycles. The summed E-state index contributed by atoms with van der Waals surface area (Å²) in [4.78, 5) is 9.00. The molecular weight excluding hydrogens is 338 g/mol. The highest BCUT2D eigenvalue weighted by Crippen LogP contribution is 2.24. The largest absolute Gasteiger partial charge is 0.396 e. The van der Waals surface area contributed by atoms with Gasteiger partial charge in [-0.2, -0.15) is 5.26 Å². The summed E-state index contributed by atoms with van der Waals surface area (Å²) in [7, 11) is 0. The lowest BCUT2D eigenvalue weighted by Crippen LogP contribution is -2.39. The number of pyridine rings is 1. The topological polar surface area (TPSA) is 93.3 Å². The third-order valence-electron chi connectivity index (χ3n) is 4.22. The molecule has 1 aliphatic rings. The van der Waals surface area contributed by atoms with Gasteiger partial charge in [-0.1, -0.05) is 36.4 Å². The Morgan fingerprint density at radius 2 is 2.00 bits per heavy atom. The maximum atomic E-state index is 9.67. The summed E-state index contributed by atoms with van der Waals surface area (Å²) in [6.07, 6.45) is 3.98. The quantitative estimate of drug-likeness (QED) is 0.714. The first-order valence-electron chi connectivity index (χ1n) is 8.73. The third kappa shape index (κ3) is 4.40. The van der Waals surface area contributed by atoms with E-state index in [-0.39, 0.29) is 12.6 Å².